The number of hydrogen-bond acceptors (Lipinski definition) is 4. The van der Waals surface area contributed by atoms with Gasteiger partial charge in [-0.05, 0) is 49.4 Å². The molecular formula is C24H30N4O4S. The molecule has 9 heteroatoms. The van der Waals surface area contributed by atoms with E-state index in [1.54, 1.807) is 28.8 Å². The van der Waals surface area contributed by atoms with Crippen molar-refractivity contribution < 1.29 is 13.2 Å². The van der Waals surface area contributed by atoms with Crippen LogP contribution in [0.25, 0.3) is 0 Å². The second kappa shape index (κ2) is 8.85. The lowest BCUT2D eigenvalue weighted by molar-refractivity contribution is 0.127. The van der Waals surface area contributed by atoms with E-state index in [0.29, 0.717) is 19.6 Å². The van der Waals surface area contributed by atoms with Crippen molar-refractivity contribution in [3.05, 3.63) is 58.5 Å². The van der Waals surface area contributed by atoms with Gasteiger partial charge in [0.2, 0.25) is 0 Å². The highest BCUT2D eigenvalue weighted by molar-refractivity contribution is 7.92. The maximum absolute atomic E-state index is 13.2. The minimum Gasteiger partial charge on any atom is -0.335 e. The van der Waals surface area contributed by atoms with E-state index in [0.717, 1.165) is 25.0 Å². The van der Waals surface area contributed by atoms with E-state index in [2.05, 4.69) is 10.0 Å². The highest BCUT2D eigenvalue weighted by Crippen LogP contribution is 2.35. The molecular weight excluding hydrogens is 440 g/mol. The van der Waals surface area contributed by atoms with Crippen LogP contribution in [0, 0.1) is 5.92 Å². The molecule has 33 heavy (non-hydrogen) atoms. The fraction of sp³-hybridized carbons (Fsp3) is 0.500. The summed E-state index contributed by atoms with van der Waals surface area (Å²) in [6.07, 6.45) is 6.61. The Morgan fingerprint density at radius 3 is 2.45 bits per heavy atom. The van der Waals surface area contributed by atoms with Crippen LogP contribution in [0.5, 0.6) is 0 Å². The first kappa shape index (κ1) is 22.0. The van der Waals surface area contributed by atoms with Crippen molar-refractivity contribution in [1.82, 2.24) is 14.8 Å². The molecule has 3 aliphatic rings. The van der Waals surface area contributed by atoms with Crippen molar-refractivity contribution in [2.75, 3.05) is 17.8 Å². The molecule has 2 amide bonds. The Labute approximate surface area is 194 Å². The van der Waals surface area contributed by atoms with Gasteiger partial charge in [-0.3, -0.25) is 9.52 Å². The molecule has 176 valence electrons. The molecule has 1 saturated carbocycles. The minimum atomic E-state index is -3.84. The molecule has 5 rings (SSSR count). The van der Waals surface area contributed by atoms with E-state index in [9.17, 15) is 18.0 Å². The lowest BCUT2D eigenvalue weighted by Crippen LogP contribution is -2.53. The highest BCUT2D eigenvalue weighted by atomic mass is 32.2. The van der Waals surface area contributed by atoms with E-state index >= 15 is 0 Å². The second-order valence-electron chi connectivity index (χ2n) is 9.49. The summed E-state index contributed by atoms with van der Waals surface area (Å²) in [7, 11) is -3.84. The van der Waals surface area contributed by atoms with E-state index in [1.165, 1.54) is 31.4 Å². The first-order valence-electron chi connectivity index (χ1n) is 11.8. The maximum atomic E-state index is 13.2. The fourth-order valence-electron chi connectivity index (χ4n) is 5.51. The number of carbonyl (C=O) groups excluding carboxylic acids is 1. The van der Waals surface area contributed by atoms with Crippen LogP contribution >= 0.6 is 0 Å². The number of rotatable bonds is 4. The number of sulfonamides is 1. The number of benzene rings is 1. The average Bonchev–Trinajstić information content (AvgIpc) is 2.82. The quantitative estimate of drug-likeness (QED) is 0.717. The average molecular weight is 471 g/mol. The van der Waals surface area contributed by atoms with Gasteiger partial charge in [-0.15, -0.1) is 0 Å². The third kappa shape index (κ3) is 4.51. The highest BCUT2D eigenvalue weighted by Gasteiger charge is 2.37. The summed E-state index contributed by atoms with van der Waals surface area (Å²) >= 11 is 0. The topological polar surface area (TPSA) is 101 Å². The van der Waals surface area contributed by atoms with Gasteiger partial charge in [-0.2, -0.15) is 0 Å². The number of pyridine rings is 1. The van der Waals surface area contributed by atoms with Gasteiger partial charge in [0.25, 0.3) is 15.6 Å². The number of likely N-dealkylation sites (tertiary alicyclic amines) is 1. The lowest BCUT2D eigenvalue weighted by atomic mass is 9.83. The monoisotopic (exact) mass is 470 g/mol. The molecule has 0 radical (unpaired) electrons. The molecule has 2 aliphatic heterocycles. The summed E-state index contributed by atoms with van der Waals surface area (Å²) in [5, 5.41) is 3.21. The van der Waals surface area contributed by atoms with E-state index in [-0.39, 0.29) is 40.1 Å². The number of piperidine rings is 1. The van der Waals surface area contributed by atoms with Gasteiger partial charge >= 0.3 is 6.03 Å². The molecule has 1 aliphatic carbocycles. The molecule has 1 aromatic heterocycles. The summed E-state index contributed by atoms with van der Waals surface area (Å²) < 4.78 is 29.5. The standard InChI is InChI=1S/C24H30N4O4S/c29-23-21(26-33(31,32)20-9-5-2-6-10-20)11-12-22-18-13-17(15-28(22)23)14-27(16-18)24(30)25-19-7-3-1-4-8-19/h2,5-6,9-12,17-19,26H,1,3-4,7-8,13-16H2,(H,25,30). The molecule has 2 bridgehead atoms. The molecule has 2 atom stereocenters. The van der Waals surface area contributed by atoms with Crippen LogP contribution in [0.1, 0.15) is 50.1 Å². The van der Waals surface area contributed by atoms with Crippen LogP contribution in [-0.4, -0.2) is 43.0 Å². The Morgan fingerprint density at radius 1 is 0.939 bits per heavy atom. The predicted molar refractivity (Wildman–Crippen MR) is 126 cm³/mol. The molecule has 2 N–H and O–H groups in total. The van der Waals surface area contributed by atoms with E-state index in [1.807, 2.05) is 11.0 Å². The number of anilines is 1. The molecule has 1 aromatic carbocycles. The van der Waals surface area contributed by atoms with Gasteiger partial charge in [0.1, 0.15) is 5.69 Å². The third-order valence-corrected chi connectivity index (χ3v) is 8.50. The van der Waals surface area contributed by atoms with Gasteiger partial charge in [-0.25, -0.2) is 13.2 Å². The predicted octanol–water partition coefficient (Wildman–Crippen LogP) is 3.11. The molecule has 2 unspecified atom stereocenters. The van der Waals surface area contributed by atoms with E-state index < -0.39 is 10.0 Å². The molecule has 2 fully saturated rings. The summed E-state index contributed by atoms with van der Waals surface area (Å²) in [5.74, 6) is 0.245. The maximum Gasteiger partial charge on any atom is 0.317 e. The van der Waals surface area contributed by atoms with Crippen LogP contribution in [0.4, 0.5) is 10.5 Å². The van der Waals surface area contributed by atoms with Gasteiger partial charge in [-0.1, -0.05) is 37.5 Å². The number of hydrogen-bond donors (Lipinski definition) is 2. The van der Waals surface area contributed by atoms with Crippen LogP contribution in [0.15, 0.2) is 52.2 Å². The van der Waals surface area contributed by atoms with Crippen molar-refractivity contribution in [3.63, 3.8) is 0 Å². The summed E-state index contributed by atoms with van der Waals surface area (Å²) in [6, 6.07) is 11.7. The first-order chi connectivity index (χ1) is 15.9. The zero-order chi connectivity index (χ0) is 23.0. The Kier molecular flexibility index (Phi) is 5.90. The molecule has 2 aromatic rings. The van der Waals surface area contributed by atoms with Gasteiger partial charge in [0, 0.05) is 37.3 Å². The molecule has 8 nitrogen and oxygen atoms in total. The number of urea groups is 1. The van der Waals surface area contributed by atoms with Crippen molar-refractivity contribution in [2.24, 2.45) is 5.92 Å². The smallest absolute Gasteiger partial charge is 0.317 e. The summed E-state index contributed by atoms with van der Waals surface area (Å²) in [4.78, 5) is 28.1. The largest absolute Gasteiger partial charge is 0.335 e. The van der Waals surface area contributed by atoms with Gasteiger partial charge in [0.05, 0.1) is 4.90 Å². The number of carbonyl (C=O) groups is 1. The van der Waals surface area contributed by atoms with Gasteiger partial charge in [0.15, 0.2) is 0 Å². The summed E-state index contributed by atoms with van der Waals surface area (Å²) in [6.45, 7) is 1.67. The number of aromatic nitrogens is 1. The SMILES string of the molecule is O=C(NC1CCCCC1)N1CC2CC(C1)c1ccc(NS(=O)(=O)c3ccccc3)c(=O)n1C2. The van der Waals surface area contributed by atoms with Crippen molar-refractivity contribution >= 4 is 21.7 Å². The molecule has 1 saturated heterocycles. The number of amides is 2. The van der Waals surface area contributed by atoms with Gasteiger partial charge < -0.3 is 14.8 Å². The normalized spacial score (nSPS) is 23.0. The molecule has 0 spiro atoms. The Bertz CT molecular complexity index is 1190. The zero-order valence-electron chi connectivity index (χ0n) is 18.6. The summed E-state index contributed by atoms with van der Waals surface area (Å²) in [5.41, 5.74) is 0.588. The Hall–Kier alpha value is -2.81. The van der Waals surface area contributed by atoms with Crippen LogP contribution in [-0.2, 0) is 16.6 Å². The number of fused-ring (bicyclic) bond motifs is 4. The fourth-order valence-corrected chi connectivity index (χ4v) is 6.58. The minimum absolute atomic E-state index is 0.000335. The Balaban J connectivity index is 1.33. The van der Waals surface area contributed by atoms with Crippen molar-refractivity contribution in [2.45, 2.75) is 61.9 Å². The lowest BCUT2D eigenvalue weighted by Gasteiger charge is -2.43. The van der Waals surface area contributed by atoms with Crippen LogP contribution in [0.2, 0.25) is 0 Å². The third-order valence-electron chi connectivity index (χ3n) is 7.12. The second-order valence-corrected chi connectivity index (χ2v) is 11.2. The van der Waals surface area contributed by atoms with Crippen molar-refractivity contribution in [1.29, 1.82) is 0 Å². The van der Waals surface area contributed by atoms with Crippen LogP contribution < -0.4 is 15.6 Å². The number of nitrogens with one attached hydrogen (secondary N) is 2. The van der Waals surface area contributed by atoms with E-state index in [4.69, 9.17) is 0 Å². The number of nitrogens with zero attached hydrogens (tertiary/aromatic N) is 2. The first-order valence-corrected chi connectivity index (χ1v) is 13.3. The molecule has 3 heterocycles. The Morgan fingerprint density at radius 2 is 1.70 bits per heavy atom. The zero-order valence-corrected chi connectivity index (χ0v) is 19.4. The van der Waals surface area contributed by atoms with Crippen LogP contribution in [0.3, 0.4) is 0 Å². The van der Waals surface area contributed by atoms with Crippen molar-refractivity contribution in [3.8, 4) is 0 Å².